The predicted molar refractivity (Wildman–Crippen MR) is 101 cm³/mol. The summed E-state index contributed by atoms with van der Waals surface area (Å²) in [6.45, 7) is 4.99. The van der Waals surface area contributed by atoms with Crippen LogP contribution in [0.1, 0.15) is 20.3 Å². The van der Waals surface area contributed by atoms with Gasteiger partial charge in [0.2, 0.25) is 5.91 Å². The van der Waals surface area contributed by atoms with E-state index in [0.717, 1.165) is 5.69 Å². The molecule has 2 N–H and O–H groups in total. The molecule has 1 aliphatic rings. The largest absolute Gasteiger partial charge is 0.357 e. The van der Waals surface area contributed by atoms with Crippen LogP contribution >= 0.6 is 0 Å². The number of rotatable bonds is 7. The van der Waals surface area contributed by atoms with Crippen molar-refractivity contribution in [1.82, 2.24) is 10.6 Å². The van der Waals surface area contributed by atoms with Crippen LogP contribution in [-0.4, -0.2) is 57.5 Å². The Morgan fingerprint density at radius 3 is 2.64 bits per heavy atom. The molecule has 0 saturated carbocycles. The third kappa shape index (κ3) is 5.74. The zero-order valence-electron chi connectivity index (χ0n) is 14.7. The van der Waals surface area contributed by atoms with Gasteiger partial charge in [-0.15, -0.1) is 0 Å². The van der Waals surface area contributed by atoms with Gasteiger partial charge in [0.25, 0.3) is 0 Å². The molecule has 1 saturated heterocycles. The lowest BCUT2D eigenvalue weighted by Crippen LogP contribution is -2.44. The van der Waals surface area contributed by atoms with Gasteiger partial charge in [-0.25, -0.2) is 8.42 Å². The number of benzene rings is 1. The van der Waals surface area contributed by atoms with E-state index in [4.69, 9.17) is 0 Å². The van der Waals surface area contributed by atoms with E-state index in [0.29, 0.717) is 25.5 Å². The van der Waals surface area contributed by atoms with Gasteiger partial charge in [0.05, 0.1) is 18.3 Å². The van der Waals surface area contributed by atoms with Crippen molar-refractivity contribution < 1.29 is 13.2 Å². The molecule has 7 nitrogen and oxygen atoms in total. The van der Waals surface area contributed by atoms with E-state index in [9.17, 15) is 13.2 Å². The lowest BCUT2D eigenvalue weighted by molar-refractivity contribution is -0.117. The number of nitrogens with one attached hydrogen (secondary N) is 2. The smallest absolute Gasteiger partial charge is 0.229 e. The number of sulfone groups is 1. The number of para-hydroxylation sites is 1. The molecule has 1 amide bonds. The maximum absolute atomic E-state index is 12.3. The summed E-state index contributed by atoms with van der Waals surface area (Å²) in [5.74, 6) is 0.754. The Balaban J connectivity index is 1.97. The van der Waals surface area contributed by atoms with Crippen LogP contribution in [0.25, 0.3) is 0 Å². The SMILES string of the molecule is CCNC(=NCCS(=O)(=O)CC)NC1CC(=O)N(c2ccccc2)C1. The molecule has 1 aliphatic heterocycles. The number of guanidine groups is 1. The van der Waals surface area contributed by atoms with Gasteiger partial charge in [0.15, 0.2) is 15.8 Å². The van der Waals surface area contributed by atoms with Gasteiger partial charge in [-0.3, -0.25) is 9.79 Å². The van der Waals surface area contributed by atoms with E-state index in [2.05, 4.69) is 15.6 Å². The zero-order chi connectivity index (χ0) is 18.3. The van der Waals surface area contributed by atoms with Crippen LogP contribution in [0.15, 0.2) is 35.3 Å². The van der Waals surface area contributed by atoms with Gasteiger partial charge >= 0.3 is 0 Å². The molecule has 25 heavy (non-hydrogen) atoms. The number of aliphatic imine (C=N–C) groups is 1. The van der Waals surface area contributed by atoms with Crippen molar-refractivity contribution in [3.63, 3.8) is 0 Å². The predicted octanol–water partition coefficient (Wildman–Crippen LogP) is 0.782. The van der Waals surface area contributed by atoms with Crippen molar-refractivity contribution in [2.45, 2.75) is 26.3 Å². The van der Waals surface area contributed by atoms with Gasteiger partial charge in [-0.1, -0.05) is 25.1 Å². The molecule has 1 unspecified atom stereocenters. The standard InChI is InChI=1S/C17H26N4O3S/c1-3-18-17(19-10-11-25(23,24)4-2)20-14-12-16(22)21(13-14)15-8-6-5-7-9-15/h5-9,14H,3-4,10-13H2,1-2H3,(H2,18,19,20). The van der Waals surface area contributed by atoms with Crippen molar-refractivity contribution in [3.05, 3.63) is 30.3 Å². The Morgan fingerprint density at radius 1 is 1.28 bits per heavy atom. The molecule has 0 bridgehead atoms. The molecular weight excluding hydrogens is 340 g/mol. The number of amides is 1. The number of hydrogen-bond acceptors (Lipinski definition) is 4. The highest BCUT2D eigenvalue weighted by atomic mass is 32.2. The van der Waals surface area contributed by atoms with Crippen LogP contribution in [0.5, 0.6) is 0 Å². The summed E-state index contributed by atoms with van der Waals surface area (Å²) in [6, 6.07) is 9.49. The van der Waals surface area contributed by atoms with Crippen LogP contribution in [0.2, 0.25) is 0 Å². The maximum Gasteiger partial charge on any atom is 0.229 e. The zero-order valence-corrected chi connectivity index (χ0v) is 15.6. The van der Waals surface area contributed by atoms with E-state index in [1.807, 2.05) is 37.3 Å². The second kappa shape index (κ2) is 8.84. The Hall–Kier alpha value is -2.09. The molecule has 1 aromatic carbocycles. The van der Waals surface area contributed by atoms with Crippen molar-refractivity contribution >= 4 is 27.4 Å². The number of anilines is 1. The van der Waals surface area contributed by atoms with Crippen LogP contribution in [-0.2, 0) is 14.6 Å². The number of carbonyl (C=O) groups excluding carboxylic acids is 1. The lowest BCUT2D eigenvalue weighted by atomic mass is 10.2. The summed E-state index contributed by atoms with van der Waals surface area (Å²) >= 11 is 0. The number of hydrogen-bond donors (Lipinski definition) is 2. The summed E-state index contributed by atoms with van der Waals surface area (Å²) in [7, 11) is -3.04. The van der Waals surface area contributed by atoms with Crippen LogP contribution < -0.4 is 15.5 Å². The fourth-order valence-corrected chi connectivity index (χ4v) is 3.27. The second-order valence-corrected chi connectivity index (χ2v) is 8.36. The van der Waals surface area contributed by atoms with Crippen molar-refractivity contribution in [3.8, 4) is 0 Å². The Labute approximate surface area is 149 Å². The summed E-state index contributed by atoms with van der Waals surface area (Å²) < 4.78 is 23.1. The third-order valence-corrected chi connectivity index (χ3v) is 5.67. The molecule has 138 valence electrons. The molecule has 1 atom stereocenters. The summed E-state index contributed by atoms with van der Waals surface area (Å²) in [4.78, 5) is 18.3. The fourth-order valence-electron chi connectivity index (χ4n) is 2.62. The van der Waals surface area contributed by atoms with E-state index in [1.165, 1.54) is 0 Å². The lowest BCUT2D eigenvalue weighted by Gasteiger charge is -2.19. The van der Waals surface area contributed by atoms with E-state index >= 15 is 0 Å². The summed E-state index contributed by atoms with van der Waals surface area (Å²) in [6.07, 6.45) is 0.382. The van der Waals surface area contributed by atoms with E-state index < -0.39 is 9.84 Å². The summed E-state index contributed by atoms with van der Waals surface area (Å²) in [5, 5.41) is 6.33. The summed E-state index contributed by atoms with van der Waals surface area (Å²) in [5.41, 5.74) is 0.882. The Bertz CT molecular complexity index is 704. The molecule has 8 heteroatoms. The third-order valence-electron chi connectivity index (χ3n) is 3.99. The van der Waals surface area contributed by atoms with Gasteiger partial charge in [-0.2, -0.15) is 0 Å². The molecule has 2 rings (SSSR count). The minimum Gasteiger partial charge on any atom is -0.357 e. The van der Waals surface area contributed by atoms with Gasteiger partial charge in [0.1, 0.15) is 0 Å². The van der Waals surface area contributed by atoms with Crippen molar-refractivity contribution in [1.29, 1.82) is 0 Å². The molecule has 0 radical (unpaired) electrons. The normalized spacial score (nSPS) is 18.5. The Morgan fingerprint density at radius 2 is 2.00 bits per heavy atom. The molecule has 1 heterocycles. The highest BCUT2D eigenvalue weighted by Gasteiger charge is 2.31. The second-order valence-electron chi connectivity index (χ2n) is 5.88. The maximum atomic E-state index is 12.3. The van der Waals surface area contributed by atoms with Crippen molar-refractivity contribution in [2.75, 3.05) is 36.0 Å². The van der Waals surface area contributed by atoms with Crippen molar-refractivity contribution in [2.24, 2.45) is 4.99 Å². The monoisotopic (exact) mass is 366 g/mol. The fraction of sp³-hybridized carbons (Fsp3) is 0.529. The van der Waals surface area contributed by atoms with Crippen LogP contribution in [0, 0.1) is 0 Å². The molecule has 0 aliphatic carbocycles. The number of nitrogens with zero attached hydrogens (tertiary/aromatic N) is 2. The van der Waals surface area contributed by atoms with Gasteiger partial charge < -0.3 is 15.5 Å². The average molecular weight is 366 g/mol. The van der Waals surface area contributed by atoms with E-state index in [1.54, 1.807) is 11.8 Å². The van der Waals surface area contributed by atoms with Gasteiger partial charge in [-0.05, 0) is 19.1 Å². The molecule has 1 aromatic rings. The topological polar surface area (TPSA) is 90.9 Å². The molecule has 0 aromatic heterocycles. The molecule has 0 spiro atoms. The Kier molecular flexibility index (Phi) is 6.81. The highest BCUT2D eigenvalue weighted by molar-refractivity contribution is 7.91. The minimum absolute atomic E-state index is 0.0276. The molecule has 1 fully saturated rings. The quantitative estimate of drug-likeness (QED) is 0.550. The first-order valence-electron chi connectivity index (χ1n) is 8.56. The highest BCUT2D eigenvalue weighted by Crippen LogP contribution is 2.20. The number of carbonyl (C=O) groups is 1. The van der Waals surface area contributed by atoms with E-state index in [-0.39, 0.29) is 30.0 Å². The molecular formula is C17H26N4O3S. The average Bonchev–Trinajstić information content (AvgIpc) is 2.96. The first-order valence-corrected chi connectivity index (χ1v) is 10.4. The first-order chi connectivity index (χ1) is 11.9. The van der Waals surface area contributed by atoms with Crippen LogP contribution in [0.3, 0.4) is 0 Å². The van der Waals surface area contributed by atoms with Crippen LogP contribution in [0.4, 0.5) is 5.69 Å². The first kappa shape index (κ1) is 19.2. The minimum atomic E-state index is -3.04. The van der Waals surface area contributed by atoms with Gasteiger partial charge in [0, 0.05) is 31.0 Å².